The molecule has 6 nitrogen and oxygen atoms in total. The number of carbonyl (C=O) groups excluding carboxylic acids is 1. The number of aryl methyl sites for hydroxylation is 1. The Bertz CT molecular complexity index is 1110. The van der Waals surface area contributed by atoms with Crippen LogP contribution >= 0.6 is 0 Å². The van der Waals surface area contributed by atoms with E-state index in [0.717, 1.165) is 19.5 Å². The van der Waals surface area contributed by atoms with E-state index in [1.165, 1.54) is 22.4 Å². The number of para-hydroxylation sites is 1. The van der Waals surface area contributed by atoms with Gasteiger partial charge in [0.2, 0.25) is 5.43 Å². The monoisotopic (exact) mass is 406 g/mol. The highest BCUT2D eigenvalue weighted by atomic mass is 19.1. The van der Waals surface area contributed by atoms with E-state index < -0.39 is 17.2 Å². The highest BCUT2D eigenvalue weighted by molar-refractivity contribution is 5.92. The van der Waals surface area contributed by atoms with Crippen molar-refractivity contribution in [2.75, 3.05) is 13.1 Å². The summed E-state index contributed by atoms with van der Waals surface area (Å²) in [6, 6.07) is 17.5. The van der Waals surface area contributed by atoms with Gasteiger partial charge < -0.3 is 5.32 Å². The fourth-order valence-electron chi connectivity index (χ4n) is 3.76. The van der Waals surface area contributed by atoms with E-state index in [9.17, 15) is 14.0 Å². The molecule has 7 heteroatoms. The van der Waals surface area contributed by atoms with E-state index >= 15 is 0 Å². The molecule has 0 aliphatic carbocycles. The number of amides is 1. The molecule has 0 radical (unpaired) electrons. The highest BCUT2D eigenvalue weighted by Gasteiger charge is 2.26. The maximum atomic E-state index is 14.2. The van der Waals surface area contributed by atoms with E-state index in [1.807, 2.05) is 18.2 Å². The SMILES string of the molecule is Cc1cc(=O)c(C(=O)N[C@@H]2CCN(Cc3ccccc3)C2)nn1-c1ccccc1F. The van der Waals surface area contributed by atoms with Crippen LogP contribution in [-0.2, 0) is 6.54 Å². The molecule has 2 heterocycles. The molecule has 1 amide bonds. The lowest BCUT2D eigenvalue weighted by molar-refractivity contribution is 0.0929. The average Bonchev–Trinajstić information content (AvgIpc) is 3.16. The lowest BCUT2D eigenvalue weighted by atomic mass is 10.2. The topological polar surface area (TPSA) is 67.2 Å². The predicted octanol–water partition coefficient (Wildman–Crippen LogP) is 2.68. The first-order chi connectivity index (χ1) is 14.5. The van der Waals surface area contributed by atoms with Crippen molar-refractivity contribution in [3.8, 4) is 5.69 Å². The highest BCUT2D eigenvalue weighted by Crippen LogP contribution is 2.15. The second kappa shape index (κ2) is 8.59. The number of aromatic nitrogens is 2. The molecular formula is C23H23FN4O2. The summed E-state index contributed by atoms with van der Waals surface area (Å²) in [6.07, 6.45) is 0.798. The molecule has 1 fully saturated rings. The van der Waals surface area contributed by atoms with Gasteiger partial charge in [0.05, 0.1) is 0 Å². The Morgan fingerprint density at radius 1 is 1.17 bits per heavy atom. The minimum absolute atomic E-state index is 0.0642. The summed E-state index contributed by atoms with van der Waals surface area (Å²) in [5.41, 5.74) is 1.16. The summed E-state index contributed by atoms with van der Waals surface area (Å²) in [4.78, 5) is 27.4. The van der Waals surface area contributed by atoms with Crippen LogP contribution in [0.2, 0.25) is 0 Å². The standard InChI is InChI=1S/C23H23FN4O2/c1-16-13-21(29)22(26-28(16)20-10-6-5-9-19(20)24)23(30)25-18-11-12-27(15-18)14-17-7-3-2-4-8-17/h2-10,13,18H,11-12,14-15H2,1H3,(H,25,30)/t18-/m1/s1. The molecule has 0 bridgehead atoms. The van der Waals surface area contributed by atoms with Crippen LogP contribution in [0.5, 0.6) is 0 Å². The van der Waals surface area contributed by atoms with Crippen molar-refractivity contribution in [3.63, 3.8) is 0 Å². The summed E-state index contributed by atoms with van der Waals surface area (Å²) in [6.45, 7) is 4.03. The fraction of sp³-hybridized carbons (Fsp3) is 0.261. The first kappa shape index (κ1) is 20.0. The van der Waals surface area contributed by atoms with Crippen molar-refractivity contribution in [3.05, 3.63) is 93.7 Å². The molecule has 1 atom stereocenters. The van der Waals surface area contributed by atoms with E-state index in [0.29, 0.717) is 12.2 Å². The summed E-state index contributed by atoms with van der Waals surface area (Å²) in [7, 11) is 0. The van der Waals surface area contributed by atoms with Crippen LogP contribution in [-0.4, -0.2) is 39.7 Å². The number of halogens is 1. The van der Waals surface area contributed by atoms with Crippen LogP contribution < -0.4 is 10.7 Å². The van der Waals surface area contributed by atoms with E-state index in [2.05, 4.69) is 27.4 Å². The zero-order chi connectivity index (χ0) is 21.1. The number of likely N-dealkylation sites (tertiary alicyclic amines) is 1. The van der Waals surface area contributed by atoms with E-state index in [1.54, 1.807) is 25.1 Å². The van der Waals surface area contributed by atoms with Crippen molar-refractivity contribution < 1.29 is 9.18 Å². The molecule has 0 unspecified atom stereocenters. The van der Waals surface area contributed by atoms with Gasteiger partial charge in [-0.3, -0.25) is 14.5 Å². The molecule has 0 spiro atoms. The van der Waals surface area contributed by atoms with Gasteiger partial charge in [-0.2, -0.15) is 5.10 Å². The van der Waals surface area contributed by atoms with Gasteiger partial charge >= 0.3 is 0 Å². The average molecular weight is 406 g/mol. The van der Waals surface area contributed by atoms with Gasteiger partial charge in [-0.25, -0.2) is 9.07 Å². The van der Waals surface area contributed by atoms with Crippen LogP contribution in [0.25, 0.3) is 5.69 Å². The number of benzene rings is 2. The molecule has 1 saturated heterocycles. The second-order valence-electron chi connectivity index (χ2n) is 7.54. The van der Waals surface area contributed by atoms with Crippen LogP contribution in [0.15, 0.2) is 65.5 Å². The molecule has 1 aliphatic heterocycles. The Kier molecular flexibility index (Phi) is 5.72. The van der Waals surface area contributed by atoms with Gasteiger partial charge in [0.1, 0.15) is 11.5 Å². The third kappa shape index (κ3) is 4.31. The number of hydrogen-bond acceptors (Lipinski definition) is 4. The number of rotatable bonds is 5. The largest absolute Gasteiger partial charge is 0.346 e. The van der Waals surface area contributed by atoms with E-state index in [-0.39, 0.29) is 17.4 Å². The molecule has 1 N–H and O–H groups in total. The molecule has 4 rings (SSSR count). The Labute approximate surface area is 174 Å². The Morgan fingerprint density at radius 2 is 1.90 bits per heavy atom. The van der Waals surface area contributed by atoms with Crippen molar-refractivity contribution in [2.24, 2.45) is 0 Å². The Hall–Kier alpha value is -3.32. The van der Waals surface area contributed by atoms with Gasteiger partial charge in [-0.05, 0) is 31.0 Å². The third-order valence-corrected chi connectivity index (χ3v) is 5.26. The van der Waals surface area contributed by atoms with Crippen LogP contribution in [0.3, 0.4) is 0 Å². The number of nitrogens with one attached hydrogen (secondary N) is 1. The first-order valence-corrected chi connectivity index (χ1v) is 9.94. The zero-order valence-corrected chi connectivity index (χ0v) is 16.7. The molecule has 1 aromatic heterocycles. The van der Waals surface area contributed by atoms with Crippen LogP contribution in [0, 0.1) is 12.7 Å². The van der Waals surface area contributed by atoms with Gasteiger partial charge in [0.25, 0.3) is 5.91 Å². The predicted molar refractivity (Wildman–Crippen MR) is 112 cm³/mol. The van der Waals surface area contributed by atoms with E-state index in [4.69, 9.17) is 0 Å². The molecule has 3 aromatic rings. The van der Waals surface area contributed by atoms with Crippen molar-refractivity contribution >= 4 is 5.91 Å². The second-order valence-corrected chi connectivity index (χ2v) is 7.54. The van der Waals surface area contributed by atoms with Crippen molar-refractivity contribution in [1.82, 2.24) is 20.0 Å². The Morgan fingerprint density at radius 3 is 2.67 bits per heavy atom. The molecular weight excluding hydrogens is 383 g/mol. The fourth-order valence-corrected chi connectivity index (χ4v) is 3.76. The smallest absolute Gasteiger partial charge is 0.276 e. The van der Waals surface area contributed by atoms with Gasteiger partial charge in [0.15, 0.2) is 5.69 Å². The number of nitrogens with zero attached hydrogens (tertiary/aromatic N) is 3. The lowest BCUT2D eigenvalue weighted by Crippen LogP contribution is -2.40. The molecule has 2 aromatic carbocycles. The maximum Gasteiger partial charge on any atom is 0.276 e. The summed E-state index contributed by atoms with van der Waals surface area (Å²) < 4.78 is 15.5. The summed E-state index contributed by atoms with van der Waals surface area (Å²) in [5, 5.41) is 7.08. The van der Waals surface area contributed by atoms with Crippen molar-refractivity contribution in [1.29, 1.82) is 0 Å². The summed E-state index contributed by atoms with van der Waals surface area (Å²) >= 11 is 0. The third-order valence-electron chi connectivity index (χ3n) is 5.26. The number of carbonyl (C=O) groups is 1. The molecule has 30 heavy (non-hydrogen) atoms. The number of hydrogen-bond donors (Lipinski definition) is 1. The molecule has 1 aliphatic rings. The van der Waals surface area contributed by atoms with Crippen LogP contribution in [0.1, 0.15) is 28.2 Å². The maximum absolute atomic E-state index is 14.2. The minimum Gasteiger partial charge on any atom is -0.346 e. The molecule has 0 saturated carbocycles. The lowest BCUT2D eigenvalue weighted by Gasteiger charge is -2.17. The Balaban J connectivity index is 1.48. The quantitative estimate of drug-likeness (QED) is 0.708. The van der Waals surface area contributed by atoms with Gasteiger partial charge in [-0.15, -0.1) is 0 Å². The zero-order valence-electron chi connectivity index (χ0n) is 16.7. The van der Waals surface area contributed by atoms with Crippen molar-refractivity contribution in [2.45, 2.75) is 25.9 Å². The first-order valence-electron chi connectivity index (χ1n) is 9.94. The van der Waals surface area contributed by atoms with Crippen LogP contribution in [0.4, 0.5) is 4.39 Å². The van der Waals surface area contributed by atoms with Gasteiger partial charge in [0, 0.05) is 37.4 Å². The normalized spacial score (nSPS) is 16.5. The summed E-state index contributed by atoms with van der Waals surface area (Å²) in [5.74, 6) is -1.01. The molecule has 154 valence electrons. The van der Waals surface area contributed by atoms with Gasteiger partial charge in [-0.1, -0.05) is 42.5 Å². The minimum atomic E-state index is -0.531.